The van der Waals surface area contributed by atoms with E-state index in [0.29, 0.717) is 24.6 Å². The number of hydrogen-bond donors (Lipinski definition) is 4. The molecule has 1 heterocycles. The largest absolute Gasteiger partial charge is 0.352 e. The minimum Gasteiger partial charge on any atom is -0.352 e. The number of primary amides is 1. The van der Waals surface area contributed by atoms with E-state index in [2.05, 4.69) is 16.0 Å². The van der Waals surface area contributed by atoms with Gasteiger partial charge in [-0.05, 0) is 56.0 Å². The summed E-state index contributed by atoms with van der Waals surface area (Å²) in [5.41, 5.74) is 6.55. The van der Waals surface area contributed by atoms with Crippen LogP contribution >= 0.6 is 0 Å². The van der Waals surface area contributed by atoms with Crippen LogP contribution in [0.3, 0.4) is 0 Å². The predicted molar refractivity (Wildman–Crippen MR) is 85.4 cm³/mol. The van der Waals surface area contributed by atoms with Crippen molar-refractivity contribution in [3.63, 3.8) is 0 Å². The van der Waals surface area contributed by atoms with E-state index in [4.69, 9.17) is 5.73 Å². The Morgan fingerprint density at radius 3 is 2.64 bits per heavy atom. The van der Waals surface area contributed by atoms with Crippen LogP contribution in [0.4, 0.5) is 4.79 Å². The first-order valence-electron chi connectivity index (χ1n) is 7.76. The van der Waals surface area contributed by atoms with Gasteiger partial charge in [0.1, 0.15) is 0 Å². The van der Waals surface area contributed by atoms with E-state index in [9.17, 15) is 9.59 Å². The van der Waals surface area contributed by atoms with Crippen molar-refractivity contribution in [3.8, 4) is 0 Å². The Hall–Kier alpha value is -2.08. The van der Waals surface area contributed by atoms with Crippen LogP contribution in [0.25, 0.3) is 0 Å². The van der Waals surface area contributed by atoms with Crippen molar-refractivity contribution in [1.82, 2.24) is 16.0 Å². The molecule has 0 bridgehead atoms. The minimum atomic E-state index is -0.556. The average molecular weight is 304 g/mol. The number of piperidine rings is 1. The summed E-state index contributed by atoms with van der Waals surface area (Å²) >= 11 is 0. The Balaban J connectivity index is 1.73. The third-order valence-corrected chi connectivity index (χ3v) is 3.92. The molecule has 22 heavy (non-hydrogen) atoms. The molecule has 1 aromatic carbocycles. The lowest BCUT2D eigenvalue weighted by Gasteiger charge is -2.22. The van der Waals surface area contributed by atoms with Crippen LogP contribution in [0.5, 0.6) is 0 Å². The summed E-state index contributed by atoms with van der Waals surface area (Å²) < 4.78 is 0. The molecule has 5 N–H and O–H groups in total. The van der Waals surface area contributed by atoms with E-state index < -0.39 is 6.03 Å². The van der Waals surface area contributed by atoms with Gasteiger partial charge in [0, 0.05) is 18.7 Å². The number of hydrogen-bond acceptors (Lipinski definition) is 3. The number of urea groups is 1. The second-order valence-electron chi connectivity index (χ2n) is 5.67. The summed E-state index contributed by atoms with van der Waals surface area (Å²) in [4.78, 5) is 22.7. The predicted octanol–water partition coefficient (Wildman–Crippen LogP) is 0.974. The topological polar surface area (TPSA) is 96.2 Å². The van der Waals surface area contributed by atoms with Crippen LogP contribution in [0.1, 0.15) is 35.2 Å². The SMILES string of the molecule is NC(=O)NCc1ccc(C(=O)NCCC2CCCNC2)cc1. The van der Waals surface area contributed by atoms with Gasteiger partial charge in [-0.3, -0.25) is 4.79 Å². The highest BCUT2D eigenvalue weighted by molar-refractivity contribution is 5.94. The second-order valence-corrected chi connectivity index (χ2v) is 5.67. The molecular formula is C16H24N4O2. The standard InChI is InChI=1S/C16H24N4O2/c17-16(22)20-11-13-3-5-14(6-4-13)15(21)19-9-7-12-2-1-8-18-10-12/h3-6,12,18H,1-2,7-11H2,(H,19,21)(H3,17,20,22). The Kier molecular flexibility index (Phi) is 6.21. The Labute approximate surface area is 130 Å². The molecule has 1 aliphatic heterocycles. The highest BCUT2D eigenvalue weighted by Crippen LogP contribution is 2.13. The van der Waals surface area contributed by atoms with Crippen molar-refractivity contribution in [2.75, 3.05) is 19.6 Å². The summed E-state index contributed by atoms with van der Waals surface area (Å²) in [6, 6.07) is 6.59. The zero-order valence-electron chi connectivity index (χ0n) is 12.7. The number of amides is 3. The van der Waals surface area contributed by atoms with Gasteiger partial charge in [0.2, 0.25) is 0 Å². The maximum atomic E-state index is 12.0. The normalized spacial score (nSPS) is 17.7. The second kappa shape index (κ2) is 8.38. The number of carbonyl (C=O) groups is 2. The number of nitrogens with two attached hydrogens (primary N) is 1. The van der Waals surface area contributed by atoms with E-state index in [1.165, 1.54) is 12.8 Å². The van der Waals surface area contributed by atoms with Gasteiger partial charge in [-0.15, -0.1) is 0 Å². The van der Waals surface area contributed by atoms with Crippen molar-refractivity contribution >= 4 is 11.9 Å². The molecule has 1 saturated heterocycles. The minimum absolute atomic E-state index is 0.0572. The van der Waals surface area contributed by atoms with E-state index in [1.807, 2.05) is 12.1 Å². The molecule has 1 fully saturated rings. The van der Waals surface area contributed by atoms with Crippen LogP contribution in [0.15, 0.2) is 24.3 Å². The smallest absolute Gasteiger partial charge is 0.312 e. The molecular weight excluding hydrogens is 280 g/mol. The summed E-state index contributed by atoms with van der Waals surface area (Å²) in [6.07, 6.45) is 3.48. The fourth-order valence-electron chi connectivity index (χ4n) is 2.63. The summed E-state index contributed by atoms with van der Waals surface area (Å²) in [6.45, 7) is 3.24. The van der Waals surface area contributed by atoms with Crippen LogP contribution in [0.2, 0.25) is 0 Å². The number of nitrogens with one attached hydrogen (secondary N) is 3. The Bertz CT molecular complexity index is 495. The molecule has 1 atom stereocenters. The summed E-state index contributed by atoms with van der Waals surface area (Å²) in [5.74, 6) is 0.606. The first kappa shape index (κ1) is 16.3. The lowest BCUT2D eigenvalue weighted by molar-refractivity contribution is 0.0950. The lowest BCUT2D eigenvalue weighted by Crippen LogP contribution is -2.33. The van der Waals surface area contributed by atoms with Crippen molar-refractivity contribution in [2.45, 2.75) is 25.8 Å². The molecule has 1 aliphatic rings. The molecule has 0 spiro atoms. The van der Waals surface area contributed by atoms with Gasteiger partial charge in [-0.1, -0.05) is 12.1 Å². The molecule has 120 valence electrons. The first-order valence-corrected chi connectivity index (χ1v) is 7.76. The maximum Gasteiger partial charge on any atom is 0.312 e. The van der Waals surface area contributed by atoms with Crippen molar-refractivity contribution in [1.29, 1.82) is 0 Å². The number of rotatable bonds is 6. The lowest BCUT2D eigenvalue weighted by atomic mass is 9.96. The van der Waals surface area contributed by atoms with Crippen LogP contribution in [0, 0.1) is 5.92 Å². The molecule has 6 heteroatoms. The van der Waals surface area contributed by atoms with E-state index >= 15 is 0 Å². The van der Waals surface area contributed by atoms with Crippen LogP contribution in [-0.2, 0) is 6.54 Å². The molecule has 3 amide bonds. The third-order valence-electron chi connectivity index (χ3n) is 3.92. The molecule has 0 aliphatic carbocycles. The first-order chi connectivity index (χ1) is 10.6. The zero-order valence-corrected chi connectivity index (χ0v) is 12.7. The van der Waals surface area contributed by atoms with Gasteiger partial charge in [0.15, 0.2) is 0 Å². The van der Waals surface area contributed by atoms with Crippen molar-refractivity contribution < 1.29 is 9.59 Å². The maximum absolute atomic E-state index is 12.0. The van der Waals surface area contributed by atoms with Crippen molar-refractivity contribution in [3.05, 3.63) is 35.4 Å². The van der Waals surface area contributed by atoms with Crippen molar-refractivity contribution in [2.24, 2.45) is 11.7 Å². The van der Waals surface area contributed by atoms with E-state index in [1.54, 1.807) is 12.1 Å². The number of benzene rings is 1. The summed E-state index contributed by atoms with van der Waals surface area (Å²) in [7, 11) is 0. The highest BCUT2D eigenvalue weighted by atomic mass is 16.2. The zero-order chi connectivity index (χ0) is 15.8. The molecule has 1 unspecified atom stereocenters. The Morgan fingerprint density at radius 1 is 1.23 bits per heavy atom. The van der Waals surface area contributed by atoms with Gasteiger partial charge in [0.05, 0.1) is 0 Å². The van der Waals surface area contributed by atoms with Gasteiger partial charge >= 0.3 is 6.03 Å². The monoisotopic (exact) mass is 304 g/mol. The van der Waals surface area contributed by atoms with Gasteiger partial charge in [-0.25, -0.2) is 4.79 Å². The molecule has 0 aromatic heterocycles. The molecule has 0 radical (unpaired) electrons. The number of carbonyl (C=O) groups excluding carboxylic acids is 2. The quantitative estimate of drug-likeness (QED) is 0.630. The molecule has 6 nitrogen and oxygen atoms in total. The van der Waals surface area contributed by atoms with Gasteiger partial charge in [-0.2, -0.15) is 0 Å². The van der Waals surface area contributed by atoms with E-state index in [-0.39, 0.29) is 5.91 Å². The average Bonchev–Trinajstić information content (AvgIpc) is 2.54. The Morgan fingerprint density at radius 2 is 2.00 bits per heavy atom. The highest BCUT2D eigenvalue weighted by Gasteiger charge is 2.13. The fraction of sp³-hybridized carbons (Fsp3) is 0.500. The molecule has 2 rings (SSSR count). The molecule has 1 aromatic rings. The van der Waals surface area contributed by atoms with Crippen LogP contribution in [-0.4, -0.2) is 31.6 Å². The van der Waals surface area contributed by atoms with E-state index in [0.717, 1.165) is 25.1 Å². The summed E-state index contributed by atoms with van der Waals surface area (Å²) in [5, 5.41) is 8.85. The molecule has 0 saturated carbocycles. The van der Waals surface area contributed by atoms with Gasteiger partial charge in [0.25, 0.3) is 5.91 Å². The fourth-order valence-corrected chi connectivity index (χ4v) is 2.63. The van der Waals surface area contributed by atoms with Gasteiger partial charge < -0.3 is 21.7 Å². The van der Waals surface area contributed by atoms with Crippen LogP contribution < -0.4 is 21.7 Å². The third kappa shape index (κ3) is 5.37.